The zero-order valence-electron chi connectivity index (χ0n) is 21.6. The average molecular weight is 511 g/mol. The molecule has 198 valence electrons. The fourth-order valence-electron chi connectivity index (χ4n) is 5.79. The monoisotopic (exact) mass is 510 g/mol. The van der Waals surface area contributed by atoms with Gasteiger partial charge >= 0.3 is 0 Å². The van der Waals surface area contributed by atoms with Crippen molar-refractivity contribution in [3.8, 4) is 17.2 Å². The summed E-state index contributed by atoms with van der Waals surface area (Å²) in [6.07, 6.45) is 6.41. The van der Waals surface area contributed by atoms with Crippen LogP contribution in [0.4, 0.5) is 4.39 Å². The summed E-state index contributed by atoms with van der Waals surface area (Å²) in [6, 6.07) is 9.92. The number of fused-ring (bicyclic) bond motifs is 1. The van der Waals surface area contributed by atoms with E-state index in [4.69, 9.17) is 14.2 Å². The Labute approximate surface area is 217 Å². The first-order valence-electron chi connectivity index (χ1n) is 13.2. The van der Waals surface area contributed by atoms with Crippen molar-refractivity contribution < 1.29 is 28.2 Å². The van der Waals surface area contributed by atoms with E-state index in [2.05, 4.69) is 5.32 Å². The molecular weight excluding hydrogens is 475 g/mol. The molecule has 0 radical (unpaired) electrons. The summed E-state index contributed by atoms with van der Waals surface area (Å²) >= 11 is 0. The number of nitrogens with one attached hydrogen (secondary N) is 1. The van der Waals surface area contributed by atoms with E-state index >= 15 is 0 Å². The lowest BCUT2D eigenvalue weighted by Crippen LogP contribution is -2.54. The van der Waals surface area contributed by atoms with Crippen molar-refractivity contribution in [3.05, 3.63) is 53.3 Å². The largest absolute Gasteiger partial charge is 0.497 e. The van der Waals surface area contributed by atoms with Crippen molar-refractivity contribution in [1.82, 2.24) is 10.2 Å². The van der Waals surface area contributed by atoms with Crippen molar-refractivity contribution in [2.24, 2.45) is 5.92 Å². The number of methoxy groups -OCH3 is 2. The zero-order chi connectivity index (χ0) is 26.0. The lowest BCUT2D eigenvalue weighted by Gasteiger charge is -2.33. The number of nitrogens with zero attached hydrogens (tertiary/aromatic N) is 1. The van der Waals surface area contributed by atoms with Crippen molar-refractivity contribution in [3.63, 3.8) is 0 Å². The summed E-state index contributed by atoms with van der Waals surface area (Å²) < 4.78 is 30.9. The Morgan fingerprint density at radius 3 is 2.59 bits per heavy atom. The molecule has 1 N–H and O–H groups in total. The third kappa shape index (κ3) is 5.38. The summed E-state index contributed by atoms with van der Waals surface area (Å²) in [7, 11) is 3.23. The third-order valence-corrected chi connectivity index (χ3v) is 8.06. The highest BCUT2D eigenvalue weighted by atomic mass is 19.1. The van der Waals surface area contributed by atoms with E-state index in [9.17, 15) is 14.0 Å². The van der Waals surface area contributed by atoms with Gasteiger partial charge in [0, 0.05) is 18.5 Å². The number of amides is 2. The molecule has 0 bridgehead atoms. The number of likely N-dealkylation sites (tertiary alicyclic amines) is 1. The van der Waals surface area contributed by atoms with Crippen molar-refractivity contribution in [1.29, 1.82) is 0 Å². The maximum Gasteiger partial charge on any atom is 0.251 e. The van der Waals surface area contributed by atoms with Crippen LogP contribution in [0.15, 0.2) is 36.4 Å². The number of hydrogen-bond donors (Lipinski definition) is 1. The number of aryl methyl sites for hydroxylation is 1. The fourth-order valence-corrected chi connectivity index (χ4v) is 5.79. The van der Waals surface area contributed by atoms with Crippen molar-refractivity contribution in [2.45, 2.75) is 62.9 Å². The Bertz CT molecular complexity index is 1170. The van der Waals surface area contributed by atoms with Crippen LogP contribution >= 0.6 is 0 Å². The molecule has 37 heavy (non-hydrogen) atoms. The molecule has 2 aromatic rings. The predicted octanol–water partition coefficient (Wildman–Crippen LogP) is 4.52. The Balaban J connectivity index is 1.22. The van der Waals surface area contributed by atoms with Gasteiger partial charge in [0.05, 0.1) is 32.4 Å². The van der Waals surface area contributed by atoms with E-state index in [1.165, 1.54) is 12.1 Å². The van der Waals surface area contributed by atoms with Gasteiger partial charge in [0.2, 0.25) is 5.91 Å². The van der Waals surface area contributed by atoms with Crippen LogP contribution in [0.3, 0.4) is 0 Å². The first-order valence-corrected chi connectivity index (χ1v) is 13.2. The summed E-state index contributed by atoms with van der Waals surface area (Å²) in [5, 5.41) is 3.19. The molecule has 5 rings (SSSR count). The van der Waals surface area contributed by atoms with Crippen LogP contribution in [0.5, 0.6) is 17.2 Å². The molecule has 3 aliphatic rings. The van der Waals surface area contributed by atoms with Crippen molar-refractivity contribution in [2.75, 3.05) is 27.4 Å². The average Bonchev–Trinajstić information content (AvgIpc) is 3.55. The van der Waals surface area contributed by atoms with E-state index in [0.717, 1.165) is 49.2 Å². The molecule has 7 nitrogen and oxygen atoms in total. The summed E-state index contributed by atoms with van der Waals surface area (Å²) in [6.45, 7) is 1.11. The van der Waals surface area contributed by atoms with E-state index in [1.54, 1.807) is 20.3 Å². The van der Waals surface area contributed by atoms with Gasteiger partial charge < -0.3 is 24.4 Å². The van der Waals surface area contributed by atoms with Crippen LogP contribution in [0.2, 0.25) is 0 Å². The number of benzene rings is 2. The molecule has 1 aliphatic heterocycles. The van der Waals surface area contributed by atoms with Gasteiger partial charge in [0.15, 0.2) is 11.6 Å². The van der Waals surface area contributed by atoms with E-state index in [-0.39, 0.29) is 29.2 Å². The second-order valence-corrected chi connectivity index (χ2v) is 10.4. The lowest BCUT2D eigenvalue weighted by molar-refractivity contribution is -0.132. The Hall–Kier alpha value is -3.29. The topological polar surface area (TPSA) is 77.1 Å². The normalized spacial score (nSPS) is 22.5. The van der Waals surface area contributed by atoms with Crippen molar-refractivity contribution >= 4 is 11.8 Å². The predicted molar refractivity (Wildman–Crippen MR) is 137 cm³/mol. The molecule has 1 saturated heterocycles. The zero-order valence-corrected chi connectivity index (χ0v) is 21.6. The molecule has 2 atom stereocenters. The van der Waals surface area contributed by atoms with Gasteiger partial charge in [-0.1, -0.05) is 0 Å². The summed E-state index contributed by atoms with van der Waals surface area (Å²) in [5.74, 6) is 1.39. The maximum absolute atomic E-state index is 14.6. The van der Waals surface area contributed by atoms with Gasteiger partial charge in [-0.05, 0) is 92.8 Å². The van der Waals surface area contributed by atoms with Gasteiger partial charge in [0.25, 0.3) is 5.91 Å². The molecule has 2 saturated carbocycles. The second kappa shape index (κ2) is 10.6. The van der Waals surface area contributed by atoms with Crippen LogP contribution in [-0.2, 0) is 11.2 Å². The number of hydrogen-bond acceptors (Lipinski definition) is 5. The standard InChI is InChI=1S/C29H35FN2O5/c1-35-22-9-11-24(36-2)20(16-22)8-12-27(33)32-15-14-29(13-3-4-26(29)32)31-28(34)21-7-10-25(23(30)17-21)37-18-19-5-6-19/h7,9-11,16-17,19,26H,3-6,8,12-15,18H2,1-2H3,(H,31,34)/t26-,29+/m0/s1. The first-order chi connectivity index (χ1) is 17.9. The molecule has 3 fully saturated rings. The molecule has 0 aromatic heterocycles. The van der Waals surface area contributed by atoms with Crippen LogP contribution in [0, 0.1) is 11.7 Å². The molecule has 0 spiro atoms. The quantitative estimate of drug-likeness (QED) is 0.509. The molecule has 2 amide bonds. The minimum atomic E-state index is -0.523. The minimum Gasteiger partial charge on any atom is -0.497 e. The Kier molecular flexibility index (Phi) is 7.26. The van der Waals surface area contributed by atoms with Gasteiger partial charge in [-0.25, -0.2) is 4.39 Å². The van der Waals surface area contributed by atoms with E-state index < -0.39 is 11.4 Å². The SMILES string of the molecule is COc1ccc(OC)c(CCC(=O)N2CC[C@]3(NC(=O)c4ccc(OCC5CC5)c(F)c4)CCC[C@H]23)c1. The second-order valence-electron chi connectivity index (χ2n) is 10.4. The Morgan fingerprint density at radius 1 is 1.05 bits per heavy atom. The van der Waals surface area contributed by atoms with Crippen LogP contribution in [-0.4, -0.2) is 55.7 Å². The van der Waals surface area contributed by atoms with Gasteiger partial charge in [0.1, 0.15) is 11.5 Å². The highest BCUT2D eigenvalue weighted by Gasteiger charge is 2.52. The van der Waals surface area contributed by atoms with Crippen LogP contribution in [0.1, 0.15) is 60.9 Å². The smallest absolute Gasteiger partial charge is 0.251 e. The van der Waals surface area contributed by atoms with Gasteiger partial charge in [-0.2, -0.15) is 0 Å². The number of carbonyl (C=O) groups excluding carboxylic acids is 2. The molecular formula is C29H35FN2O5. The summed E-state index contributed by atoms with van der Waals surface area (Å²) in [4.78, 5) is 28.4. The highest BCUT2D eigenvalue weighted by molar-refractivity contribution is 5.95. The first kappa shape index (κ1) is 25.4. The lowest BCUT2D eigenvalue weighted by atomic mass is 9.92. The van der Waals surface area contributed by atoms with E-state index in [0.29, 0.717) is 38.3 Å². The molecule has 1 heterocycles. The van der Waals surface area contributed by atoms with Crippen LogP contribution in [0.25, 0.3) is 0 Å². The Morgan fingerprint density at radius 2 is 1.86 bits per heavy atom. The summed E-state index contributed by atoms with van der Waals surface area (Å²) in [5.41, 5.74) is 0.719. The number of ether oxygens (including phenoxy) is 3. The highest BCUT2D eigenvalue weighted by Crippen LogP contribution is 2.42. The van der Waals surface area contributed by atoms with Gasteiger partial charge in [-0.3, -0.25) is 9.59 Å². The molecule has 2 aromatic carbocycles. The molecule has 0 unspecified atom stereocenters. The number of halogens is 1. The third-order valence-electron chi connectivity index (χ3n) is 8.06. The maximum atomic E-state index is 14.6. The number of rotatable bonds is 10. The molecule has 8 heteroatoms. The minimum absolute atomic E-state index is 0.0536. The van der Waals surface area contributed by atoms with E-state index in [1.807, 2.05) is 23.1 Å². The fraction of sp³-hybridized carbons (Fsp3) is 0.517. The van der Waals surface area contributed by atoms with Crippen LogP contribution < -0.4 is 19.5 Å². The number of carbonyl (C=O) groups is 2. The van der Waals surface area contributed by atoms with Gasteiger partial charge in [-0.15, -0.1) is 0 Å². The molecule has 2 aliphatic carbocycles.